The quantitative estimate of drug-likeness (QED) is 0.722. The molecule has 2 N–H and O–H groups in total. The number of aromatic hydroxyl groups is 1. The standard InChI is InChI=1S/C15H14N4OS/c1-9-14(21-10(2)17-9)13-7-8-16-15(19-13)18-11-3-5-12(20)6-4-11/h3-8,20H,1-2H3,(H,16,18,19). The lowest BCUT2D eigenvalue weighted by molar-refractivity contribution is 0.475. The number of aryl methyl sites for hydroxylation is 2. The minimum absolute atomic E-state index is 0.228. The molecule has 1 aromatic carbocycles. The normalized spacial score (nSPS) is 10.6. The number of anilines is 2. The maximum Gasteiger partial charge on any atom is 0.227 e. The molecule has 0 spiro atoms. The van der Waals surface area contributed by atoms with Crippen LogP contribution >= 0.6 is 11.3 Å². The molecule has 3 aromatic rings. The van der Waals surface area contributed by atoms with E-state index < -0.39 is 0 Å². The Balaban J connectivity index is 1.89. The Morgan fingerprint density at radius 2 is 1.81 bits per heavy atom. The molecule has 21 heavy (non-hydrogen) atoms. The molecule has 6 heteroatoms. The summed E-state index contributed by atoms with van der Waals surface area (Å²) in [5.41, 5.74) is 2.66. The minimum Gasteiger partial charge on any atom is -0.508 e. The van der Waals surface area contributed by atoms with Crippen molar-refractivity contribution in [1.29, 1.82) is 0 Å². The number of phenolic OH excluding ortho intramolecular Hbond substituents is 1. The predicted molar refractivity (Wildman–Crippen MR) is 84.0 cm³/mol. The van der Waals surface area contributed by atoms with E-state index in [1.165, 1.54) is 0 Å². The van der Waals surface area contributed by atoms with E-state index in [9.17, 15) is 5.11 Å². The summed E-state index contributed by atoms with van der Waals surface area (Å²) in [4.78, 5) is 14.2. The summed E-state index contributed by atoms with van der Waals surface area (Å²) in [5.74, 6) is 0.745. The molecule has 106 valence electrons. The highest BCUT2D eigenvalue weighted by atomic mass is 32.1. The van der Waals surface area contributed by atoms with Crippen LogP contribution in [-0.2, 0) is 0 Å². The Morgan fingerprint density at radius 1 is 1.05 bits per heavy atom. The second-order valence-electron chi connectivity index (χ2n) is 4.58. The van der Waals surface area contributed by atoms with Gasteiger partial charge >= 0.3 is 0 Å². The summed E-state index contributed by atoms with van der Waals surface area (Å²) >= 11 is 1.62. The van der Waals surface area contributed by atoms with Gasteiger partial charge in [-0.15, -0.1) is 11.3 Å². The van der Waals surface area contributed by atoms with Gasteiger partial charge in [-0.05, 0) is 44.2 Å². The summed E-state index contributed by atoms with van der Waals surface area (Å²) in [7, 11) is 0. The average Bonchev–Trinajstić information content (AvgIpc) is 2.81. The molecule has 0 amide bonds. The van der Waals surface area contributed by atoms with E-state index in [1.807, 2.05) is 19.9 Å². The molecule has 0 aliphatic rings. The fourth-order valence-corrected chi connectivity index (χ4v) is 2.88. The second kappa shape index (κ2) is 5.49. The van der Waals surface area contributed by atoms with E-state index in [1.54, 1.807) is 41.8 Å². The number of rotatable bonds is 3. The van der Waals surface area contributed by atoms with Gasteiger partial charge in [-0.3, -0.25) is 0 Å². The summed E-state index contributed by atoms with van der Waals surface area (Å²) in [6.07, 6.45) is 1.72. The maximum absolute atomic E-state index is 9.28. The van der Waals surface area contributed by atoms with Crippen molar-refractivity contribution in [3.8, 4) is 16.3 Å². The van der Waals surface area contributed by atoms with Crippen LogP contribution in [0.1, 0.15) is 10.7 Å². The molecule has 0 fully saturated rings. The molecule has 0 bridgehead atoms. The van der Waals surface area contributed by atoms with Crippen molar-refractivity contribution in [2.75, 3.05) is 5.32 Å². The first-order valence-electron chi connectivity index (χ1n) is 6.45. The molecule has 5 nitrogen and oxygen atoms in total. The van der Waals surface area contributed by atoms with Crippen molar-refractivity contribution >= 4 is 23.0 Å². The molecule has 2 aromatic heterocycles. The molecule has 0 unspecified atom stereocenters. The summed E-state index contributed by atoms with van der Waals surface area (Å²) in [5, 5.41) is 13.4. The van der Waals surface area contributed by atoms with Gasteiger partial charge in [-0.1, -0.05) is 0 Å². The van der Waals surface area contributed by atoms with Gasteiger partial charge < -0.3 is 10.4 Å². The van der Waals surface area contributed by atoms with Gasteiger partial charge in [-0.2, -0.15) is 0 Å². The fourth-order valence-electron chi connectivity index (χ4n) is 1.99. The lowest BCUT2D eigenvalue weighted by Gasteiger charge is -2.06. The third kappa shape index (κ3) is 3.00. The Bertz CT molecular complexity index is 768. The monoisotopic (exact) mass is 298 g/mol. The molecular formula is C15H14N4OS. The van der Waals surface area contributed by atoms with Gasteiger partial charge in [0.25, 0.3) is 0 Å². The lowest BCUT2D eigenvalue weighted by Crippen LogP contribution is -1.97. The minimum atomic E-state index is 0.228. The zero-order chi connectivity index (χ0) is 14.8. The first kappa shape index (κ1) is 13.5. The van der Waals surface area contributed by atoms with Crippen LogP contribution in [0.3, 0.4) is 0 Å². The zero-order valence-corrected chi connectivity index (χ0v) is 12.5. The van der Waals surface area contributed by atoms with E-state index in [0.717, 1.165) is 27.0 Å². The Hall–Kier alpha value is -2.47. The van der Waals surface area contributed by atoms with Crippen molar-refractivity contribution < 1.29 is 5.11 Å². The van der Waals surface area contributed by atoms with Gasteiger partial charge in [0.05, 0.1) is 21.3 Å². The highest BCUT2D eigenvalue weighted by Crippen LogP contribution is 2.28. The molecule has 0 atom stereocenters. The highest BCUT2D eigenvalue weighted by molar-refractivity contribution is 7.15. The van der Waals surface area contributed by atoms with Crippen LogP contribution in [0.25, 0.3) is 10.6 Å². The summed E-state index contributed by atoms with van der Waals surface area (Å²) in [6.45, 7) is 3.96. The molecule has 2 heterocycles. The molecule has 0 radical (unpaired) electrons. The Kier molecular flexibility index (Phi) is 3.53. The molecule has 3 rings (SSSR count). The van der Waals surface area contributed by atoms with Crippen molar-refractivity contribution in [2.45, 2.75) is 13.8 Å². The van der Waals surface area contributed by atoms with Crippen LogP contribution in [0.4, 0.5) is 11.6 Å². The number of aromatic nitrogens is 3. The smallest absolute Gasteiger partial charge is 0.227 e. The zero-order valence-electron chi connectivity index (χ0n) is 11.7. The number of nitrogens with one attached hydrogen (secondary N) is 1. The first-order valence-corrected chi connectivity index (χ1v) is 7.27. The highest BCUT2D eigenvalue weighted by Gasteiger charge is 2.10. The average molecular weight is 298 g/mol. The van der Waals surface area contributed by atoms with Crippen LogP contribution in [-0.4, -0.2) is 20.1 Å². The van der Waals surface area contributed by atoms with E-state index in [-0.39, 0.29) is 5.75 Å². The number of hydrogen-bond acceptors (Lipinski definition) is 6. The predicted octanol–water partition coefficient (Wildman–Crippen LogP) is 3.67. The maximum atomic E-state index is 9.28. The Labute approximate surface area is 126 Å². The molecule has 0 saturated heterocycles. The van der Waals surface area contributed by atoms with Gasteiger partial charge in [0.2, 0.25) is 5.95 Å². The van der Waals surface area contributed by atoms with Gasteiger partial charge in [0.1, 0.15) is 5.75 Å². The largest absolute Gasteiger partial charge is 0.508 e. The number of thiazole rings is 1. The Morgan fingerprint density at radius 3 is 2.48 bits per heavy atom. The molecular weight excluding hydrogens is 284 g/mol. The van der Waals surface area contributed by atoms with Crippen LogP contribution in [0.5, 0.6) is 5.75 Å². The number of benzene rings is 1. The van der Waals surface area contributed by atoms with Crippen LogP contribution < -0.4 is 5.32 Å². The van der Waals surface area contributed by atoms with Crippen molar-refractivity contribution in [3.05, 3.63) is 47.2 Å². The lowest BCUT2D eigenvalue weighted by atomic mass is 10.3. The van der Waals surface area contributed by atoms with E-state index in [0.29, 0.717) is 5.95 Å². The van der Waals surface area contributed by atoms with E-state index in [2.05, 4.69) is 20.3 Å². The third-order valence-electron chi connectivity index (χ3n) is 2.92. The number of nitrogens with zero attached hydrogens (tertiary/aromatic N) is 3. The molecule has 0 saturated carbocycles. The van der Waals surface area contributed by atoms with Crippen molar-refractivity contribution in [3.63, 3.8) is 0 Å². The first-order chi connectivity index (χ1) is 10.1. The van der Waals surface area contributed by atoms with Gasteiger partial charge in [-0.25, -0.2) is 15.0 Å². The van der Waals surface area contributed by atoms with Crippen molar-refractivity contribution in [2.24, 2.45) is 0 Å². The van der Waals surface area contributed by atoms with Gasteiger partial charge in [0, 0.05) is 11.9 Å². The topological polar surface area (TPSA) is 70.9 Å². The van der Waals surface area contributed by atoms with E-state index >= 15 is 0 Å². The van der Waals surface area contributed by atoms with Gasteiger partial charge in [0.15, 0.2) is 0 Å². The van der Waals surface area contributed by atoms with Crippen LogP contribution in [0, 0.1) is 13.8 Å². The SMILES string of the molecule is Cc1nc(C)c(-c2ccnc(Nc3ccc(O)cc3)n2)s1. The van der Waals surface area contributed by atoms with Crippen LogP contribution in [0.2, 0.25) is 0 Å². The summed E-state index contributed by atoms with van der Waals surface area (Å²) < 4.78 is 0. The summed E-state index contributed by atoms with van der Waals surface area (Å²) in [6, 6.07) is 8.65. The molecule has 0 aliphatic carbocycles. The fraction of sp³-hybridized carbons (Fsp3) is 0.133. The third-order valence-corrected chi connectivity index (χ3v) is 4.01. The number of phenols is 1. The van der Waals surface area contributed by atoms with Crippen LogP contribution in [0.15, 0.2) is 36.5 Å². The molecule has 0 aliphatic heterocycles. The van der Waals surface area contributed by atoms with Crippen molar-refractivity contribution in [1.82, 2.24) is 15.0 Å². The number of hydrogen-bond donors (Lipinski definition) is 2. The second-order valence-corrected chi connectivity index (χ2v) is 5.79. The van der Waals surface area contributed by atoms with E-state index in [4.69, 9.17) is 0 Å².